The van der Waals surface area contributed by atoms with E-state index in [1.807, 2.05) is 11.3 Å². The van der Waals surface area contributed by atoms with Crippen LogP contribution in [0.15, 0.2) is 15.9 Å². The van der Waals surface area contributed by atoms with Crippen LogP contribution in [0.3, 0.4) is 0 Å². The zero-order valence-electron chi connectivity index (χ0n) is 9.84. The van der Waals surface area contributed by atoms with E-state index in [4.69, 9.17) is 0 Å². The minimum absolute atomic E-state index is 0.683. The third-order valence-electron chi connectivity index (χ3n) is 3.46. The summed E-state index contributed by atoms with van der Waals surface area (Å²) in [6, 6.07) is 2.87. The van der Waals surface area contributed by atoms with Gasteiger partial charge in [-0.2, -0.15) is 0 Å². The summed E-state index contributed by atoms with van der Waals surface area (Å²) in [7, 11) is 0. The number of halogens is 1. The average molecular weight is 302 g/mol. The van der Waals surface area contributed by atoms with Crippen molar-refractivity contribution in [3.05, 3.63) is 20.8 Å². The molecule has 1 aliphatic carbocycles. The fourth-order valence-corrected chi connectivity index (χ4v) is 4.57. The van der Waals surface area contributed by atoms with Crippen LogP contribution >= 0.6 is 27.3 Å². The Morgan fingerprint density at radius 2 is 2.19 bits per heavy atom. The Bertz CT molecular complexity index is 323. The van der Waals surface area contributed by atoms with E-state index < -0.39 is 0 Å². The average Bonchev–Trinajstić information content (AvgIpc) is 2.56. The standard InChI is InChI=1S/C13H20BrNS/c1-2-15-12-7-5-3-4-6-10(12)13-11(14)8-9-16-13/h8-10,12,15H,2-7H2,1H3. The van der Waals surface area contributed by atoms with Crippen molar-refractivity contribution in [1.29, 1.82) is 0 Å². The molecule has 2 rings (SSSR count). The summed E-state index contributed by atoms with van der Waals surface area (Å²) in [6.45, 7) is 3.30. The minimum atomic E-state index is 0.683. The van der Waals surface area contributed by atoms with Gasteiger partial charge in [0.2, 0.25) is 0 Å². The van der Waals surface area contributed by atoms with Gasteiger partial charge < -0.3 is 5.32 Å². The van der Waals surface area contributed by atoms with Crippen molar-refractivity contribution < 1.29 is 0 Å². The van der Waals surface area contributed by atoms with E-state index in [0.29, 0.717) is 6.04 Å². The Morgan fingerprint density at radius 3 is 2.88 bits per heavy atom. The molecule has 2 unspecified atom stereocenters. The monoisotopic (exact) mass is 301 g/mol. The smallest absolute Gasteiger partial charge is 0.0317 e. The van der Waals surface area contributed by atoms with Gasteiger partial charge in [-0.05, 0) is 46.8 Å². The van der Waals surface area contributed by atoms with Crippen molar-refractivity contribution >= 4 is 27.3 Å². The quantitative estimate of drug-likeness (QED) is 0.809. The first-order valence-electron chi connectivity index (χ1n) is 6.29. The fraction of sp³-hybridized carbons (Fsp3) is 0.692. The molecular weight excluding hydrogens is 282 g/mol. The van der Waals surface area contributed by atoms with E-state index in [2.05, 4.69) is 39.6 Å². The highest BCUT2D eigenvalue weighted by Crippen LogP contribution is 2.38. The lowest BCUT2D eigenvalue weighted by molar-refractivity contribution is 0.423. The van der Waals surface area contributed by atoms with Gasteiger partial charge in [-0.25, -0.2) is 0 Å². The lowest BCUT2D eigenvalue weighted by Crippen LogP contribution is -2.33. The van der Waals surface area contributed by atoms with E-state index in [1.54, 1.807) is 4.88 Å². The van der Waals surface area contributed by atoms with Gasteiger partial charge in [-0.1, -0.05) is 26.2 Å². The molecule has 3 heteroatoms. The molecule has 1 aromatic rings. The molecule has 0 bridgehead atoms. The Balaban J connectivity index is 2.17. The molecule has 1 fully saturated rings. The van der Waals surface area contributed by atoms with Gasteiger partial charge >= 0.3 is 0 Å². The van der Waals surface area contributed by atoms with Gasteiger partial charge in [-0.3, -0.25) is 0 Å². The molecule has 1 heterocycles. The number of hydrogen-bond acceptors (Lipinski definition) is 2. The molecule has 16 heavy (non-hydrogen) atoms. The number of nitrogens with one attached hydrogen (secondary N) is 1. The summed E-state index contributed by atoms with van der Waals surface area (Å²) < 4.78 is 1.31. The maximum atomic E-state index is 3.69. The predicted octanol–water partition coefficient (Wildman–Crippen LogP) is 4.54. The van der Waals surface area contributed by atoms with Crippen molar-refractivity contribution in [2.24, 2.45) is 0 Å². The van der Waals surface area contributed by atoms with E-state index in [1.165, 1.54) is 36.6 Å². The molecule has 2 atom stereocenters. The Morgan fingerprint density at radius 1 is 1.38 bits per heavy atom. The molecule has 90 valence electrons. The molecule has 0 saturated heterocycles. The summed E-state index contributed by atoms with van der Waals surface area (Å²) in [5.74, 6) is 0.719. The first kappa shape index (κ1) is 12.6. The van der Waals surface area contributed by atoms with Crippen LogP contribution in [0.1, 0.15) is 49.8 Å². The molecule has 1 nitrogen and oxygen atoms in total. The van der Waals surface area contributed by atoms with Crippen molar-refractivity contribution in [1.82, 2.24) is 5.32 Å². The third-order valence-corrected chi connectivity index (χ3v) is 5.47. The summed E-state index contributed by atoms with van der Waals surface area (Å²) in [5.41, 5.74) is 0. The van der Waals surface area contributed by atoms with Gasteiger partial charge in [0, 0.05) is 21.3 Å². The van der Waals surface area contributed by atoms with Crippen LogP contribution in [-0.2, 0) is 0 Å². The highest BCUT2D eigenvalue weighted by molar-refractivity contribution is 9.10. The Hall–Kier alpha value is 0.140. The SMILES string of the molecule is CCNC1CCCCCC1c1sccc1Br. The maximum Gasteiger partial charge on any atom is 0.0317 e. The number of rotatable bonds is 3. The lowest BCUT2D eigenvalue weighted by Gasteiger charge is -2.25. The molecule has 0 aliphatic heterocycles. The van der Waals surface area contributed by atoms with Crippen molar-refractivity contribution in [3.63, 3.8) is 0 Å². The number of likely N-dealkylation sites (N-methyl/N-ethyl adjacent to an activating group) is 1. The second-order valence-electron chi connectivity index (χ2n) is 4.54. The number of thiophene rings is 1. The lowest BCUT2D eigenvalue weighted by atomic mass is 9.93. The summed E-state index contributed by atoms with van der Waals surface area (Å²) in [4.78, 5) is 1.55. The van der Waals surface area contributed by atoms with Crippen LogP contribution in [0.2, 0.25) is 0 Å². The first-order valence-corrected chi connectivity index (χ1v) is 7.96. The largest absolute Gasteiger partial charge is 0.314 e. The van der Waals surface area contributed by atoms with Gasteiger partial charge in [0.25, 0.3) is 0 Å². The van der Waals surface area contributed by atoms with Gasteiger partial charge in [0.1, 0.15) is 0 Å². The van der Waals surface area contributed by atoms with Crippen molar-refractivity contribution in [3.8, 4) is 0 Å². The Kier molecular flexibility index (Phi) is 4.86. The van der Waals surface area contributed by atoms with Crippen molar-refractivity contribution in [2.75, 3.05) is 6.54 Å². The van der Waals surface area contributed by atoms with Crippen LogP contribution in [-0.4, -0.2) is 12.6 Å². The van der Waals surface area contributed by atoms with E-state index >= 15 is 0 Å². The second kappa shape index (κ2) is 6.18. The van der Waals surface area contributed by atoms with Crippen LogP contribution in [0.25, 0.3) is 0 Å². The van der Waals surface area contributed by atoms with Gasteiger partial charge in [-0.15, -0.1) is 11.3 Å². The topological polar surface area (TPSA) is 12.0 Å². The highest BCUT2D eigenvalue weighted by atomic mass is 79.9. The molecule has 1 aliphatic rings. The normalized spacial score (nSPS) is 26.6. The number of hydrogen-bond donors (Lipinski definition) is 1. The fourth-order valence-electron chi connectivity index (χ4n) is 2.70. The Labute approximate surface area is 111 Å². The second-order valence-corrected chi connectivity index (χ2v) is 6.34. The zero-order valence-corrected chi connectivity index (χ0v) is 12.2. The molecule has 1 saturated carbocycles. The van der Waals surface area contributed by atoms with E-state index in [0.717, 1.165) is 12.5 Å². The molecular formula is C13H20BrNS. The molecule has 1 aromatic heterocycles. The highest BCUT2D eigenvalue weighted by Gasteiger charge is 2.26. The van der Waals surface area contributed by atoms with Crippen LogP contribution < -0.4 is 5.32 Å². The molecule has 0 aromatic carbocycles. The van der Waals surface area contributed by atoms with E-state index in [9.17, 15) is 0 Å². The van der Waals surface area contributed by atoms with Crippen LogP contribution in [0.5, 0.6) is 0 Å². The van der Waals surface area contributed by atoms with Gasteiger partial charge in [0.15, 0.2) is 0 Å². The summed E-state index contributed by atoms with van der Waals surface area (Å²) >= 11 is 5.60. The third kappa shape index (κ3) is 2.88. The van der Waals surface area contributed by atoms with Crippen LogP contribution in [0.4, 0.5) is 0 Å². The first-order chi connectivity index (χ1) is 7.83. The van der Waals surface area contributed by atoms with Gasteiger partial charge in [0.05, 0.1) is 0 Å². The zero-order chi connectivity index (χ0) is 11.4. The van der Waals surface area contributed by atoms with Crippen molar-refractivity contribution in [2.45, 2.75) is 51.0 Å². The van der Waals surface area contributed by atoms with E-state index in [-0.39, 0.29) is 0 Å². The maximum absolute atomic E-state index is 3.69. The summed E-state index contributed by atoms with van der Waals surface area (Å²) in [5, 5.41) is 5.88. The minimum Gasteiger partial charge on any atom is -0.314 e. The predicted molar refractivity (Wildman–Crippen MR) is 75.3 cm³/mol. The molecule has 0 spiro atoms. The molecule has 0 amide bonds. The molecule has 0 radical (unpaired) electrons. The van der Waals surface area contributed by atoms with Crippen LogP contribution in [0, 0.1) is 0 Å². The molecule has 1 N–H and O–H groups in total. The summed E-state index contributed by atoms with van der Waals surface area (Å²) in [6.07, 6.45) is 6.86.